The third-order valence-electron chi connectivity index (χ3n) is 6.42. The average Bonchev–Trinajstić information content (AvgIpc) is 2.64. The molecule has 1 aromatic rings. The fourth-order valence-corrected chi connectivity index (χ4v) is 5.09. The zero-order chi connectivity index (χ0) is 22.7. The van der Waals surface area contributed by atoms with E-state index in [4.69, 9.17) is 14.2 Å². The van der Waals surface area contributed by atoms with Gasteiger partial charge in [0.1, 0.15) is 11.5 Å². The first kappa shape index (κ1) is 21.5. The maximum absolute atomic E-state index is 13.3. The Morgan fingerprint density at radius 3 is 1.65 bits per heavy atom. The molecule has 1 heterocycles. The summed E-state index contributed by atoms with van der Waals surface area (Å²) in [6.45, 7) is 8.22. The van der Waals surface area contributed by atoms with Crippen LogP contribution in [0.2, 0.25) is 0 Å². The number of aromatic hydroxyl groups is 1. The molecule has 0 saturated heterocycles. The van der Waals surface area contributed by atoms with E-state index >= 15 is 0 Å². The molecular weight excluding hydrogens is 396 g/mol. The van der Waals surface area contributed by atoms with Gasteiger partial charge in [0.2, 0.25) is 5.75 Å². The third-order valence-corrected chi connectivity index (χ3v) is 6.42. The third kappa shape index (κ3) is 3.62. The number of phenolic OH excluding ortho intramolecular Hbond substituents is 1. The number of methoxy groups -OCH3 is 2. The number of ether oxygens (including phenoxy) is 3. The normalized spacial score (nSPS) is 22.6. The molecule has 1 aromatic carbocycles. The van der Waals surface area contributed by atoms with Crippen molar-refractivity contribution >= 4 is 11.6 Å². The number of hydrogen-bond donors (Lipinski definition) is 1. The van der Waals surface area contributed by atoms with Gasteiger partial charge in [0, 0.05) is 42.7 Å². The van der Waals surface area contributed by atoms with E-state index in [1.54, 1.807) is 12.1 Å². The summed E-state index contributed by atoms with van der Waals surface area (Å²) in [6.07, 6.45) is 2.03. The summed E-state index contributed by atoms with van der Waals surface area (Å²) < 4.78 is 17.0. The predicted octanol–water partition coefficient (Wildman–Crippen LogP) is 4.81. The molecule has 0 spiro atoms. The number of allylic oxidation sites excluding steroid dienone is 4. The van der Waals surface area contributed by atoms with Crippen LogP contribution in [0.25, 0.3) is 0 Å². The van der Waals surface area contributed by atoms with E-state index in [2.05, 4.69) is 27.7 Å². The van der Waals surface area contributed by atoms with E-state index in [-0.39, 0.29) is 39.6 Å². The van der Waals surface area contributed by atoms with E-state index < -0.39 is 5.92 Å². The van der Waals surface area contributed by atoms with Crippen molar-refractivity contribution in [2.45, 2.75) is 59.3 Å². The van der Waals surface area contributed by atoms with E-state index in [0.717, 1.165) is 0 Å². The van der Waals surface area contributed by atoms with Crippen molar-refractivity contribution in [3.05, 3.63) is 40.4 Å². The number of Topliss-reactive ketones (excluding diaryl/α,β-unsaturated/α-hetero) is 2. The minimum Gasteiger partial charge on any atom is -0.502 e. The van der Waals surface area contributed by atoms with Crippen LogP contribution in [-0.4, -0.2) is 30.9 Å². The molecule has 0 amide bonds. The van der Waals surface area contributed by atoms with E-state index in [1.807, 2.05) is 0 Å². The molecule has 6 nitrogen and oxygen atoms in total. The van der Waals surface area contributed by atoms with Gasteiger partial charge in [-0.1, -0.05) is 27.7 Å². The largest absolute Gasteiger partial charge is 0.502 e. The summed E-state index contributed by atoms with van der Waals surface area (Å²) in [5.74, 6) is 1.08. The summed E-state index contributed by atoms with van der Waals surface area (Å²) in [5.41, 5.74) is 1.34. The van der Waals surface area contributed by atoms with Gasteiger partial charge in [-0.2, -0.15) is 0 Å². The van der Waals surface area contributed by atoms with Crippen LogP contribution >= 0.6 is 0 Å². The van der Waals surface area contributed by atoms with Crippen molar-refractivity contribution in [2.24, 2.45) is 10.8 Å². The quantitative estimate of drug-likeness (QED) is 0.747. The Kier molecular flexibility index (Phi) is 4.95. The zero-order valence-corrected chi connectivity index (χ0v) is 19.0. The number of carbonyl (C=O) groups excluding carboxylic acids is 2. The van der Waals surface area contributed by atoms with Gasteiger partial charge in [0.15, 0.2) is 23.1 Å². The summed E-state index contributed by atoms with van der Waals surface area (Å²) in [4.78, 5) is 26.7. The Labute approximate surface area is 182 Å². The lowest BCUT2D eigenvalue weighted by molar-refractivity contribution is -0.120. The second kappa shape index (κ2) is 7.14. The smallest absolute Gasteiger partial charge is 0.200 e. The van der Waals surface area contributed by atoms with Crippen molar-refractivity contribution in [3.63, 3.8) is 0 Å². The molecule has 0 aromatic heterocycles. The van der Waals surface area contributed by atoms with E-state index in [0.29, 0.717) is 53.9 Å². The highest BCUT2D eigenvalue weighted by Crippen LogP contribution is 2.54. The minimum absolute atomic E-state index is 0.00792. The first-order chi connectivity index (χ1) is 14.5. The highest BCUT2D eigenvalue weighted by Gasteiger charge is 2.48. The topological polar surface area (TPSA) is 82.1 Å². The van der Waals surface area contributed by atoms with Gasteiger partial charge in [0.05, 0.1) is 14.2 Å². The fourth-order valence-electron chi connectivity index (χ4n) is 5.09. The van der Waals surface area contributed by atoms with Crippen LogP contribution in [-0.2, 0) is 14.3 Å². The maximum Gasteiger partial charge on any atom is 0.200 e. The van der Waals surface area contributed by atoms with Gasteiger partial charge in [-0.05, 0) is 28.5 Å². The fraction of sp³-hybridized carbons (Fsp3) is 0.520. The standard InChI is InChI=1S/C25H30O6/c1-24(2)9-14(26)21-18(11-24)31-19-12-25(3,4)10-15(27)22(19)20(21)13-7-16(29-5)23(28)17(8-13)30-6/h7-8,20,28H,9-12H2,1-6H3. The number of carbonyl (C=O) groups is 2. The lowest BCUT2D eigenvalue weighted by Crippen LogP contribution is -2.37. The van der Waals surface area contributed by atoms with Crippen LogP contribution in [0.4, 0.5) is 0 Å². The minimum atomic E-state index is -0.561. The van der Waals surface area contributed by atoms with Gasteiger partial charge in [-0.15, -0.1) is 0 Å². The lowest BCUT2D eigenvalue weighted by Gasteiger charge is -2.42. The molecule has 4 rings (SSSR count). The highest BCUT2D eigenvalue weighted by molar-refractivity contribution is 6.06. The van der Waals surface area contributed by atoms with Gasteiger partial charge < -0.3 is 19.3 Å². The number of hydrogen-bond acceptors (Lipinski definition) is 6. The van der Waals surface area contributed by atoms with Crippen LogP contribution in [0, 0.1) is 10.8 Å². The average molecular weight is 427 g/mol. The first-order valence-corrected chi connectivity index (χ1v) is 10.6. The van der Waals surface area contributed by atoms with Crippen molar-refractivity contribution in [3.8, 4) is 17.2 Å². The summed E-state index contributed by atoms with van der Waals surface area (Å²) >= 11 is 0. The zero-order valence-electron chi connectivity index (χ0n) is 19.0. The van der Waals surface area contributed by atoms with Gasteiger partial charge in [0.25, 0.3) is 0 Å². The van der Waals surface area contributed by atoms with Crippen molar-refractivity contribution in [1.82, 2.24) is 0 Å². The van der Waals surface area contributed by atoms with Crippen LogP contribution < -0.4 is 9.47 Å². The predicted molar refractivity (Wildman–Crippen MR) is 115 cm³/mol. The Hall–Kier alpha value is -2.76. The summed E-state index contributed by atoms with van der Waals surface area (Å²) in [7, 11) is 2.92. The molecule has 0 fully saturated rings. The molecule has 2 aliphatic carbocycles. The van der Waals surface area contributed by atoms with Crippen molar-refractivity contribution < 1.29 is 28.9 Å². The molecule has 1 aliphatic heterocycles. The number of ketones is 2. The Morgan fingerprint density at radius 1 is 0.839 bits per heavy atom. The van der Waals surface area contributed by atoms with Gasteiger partial charge in [-0.25, -0.2) is 0 Å². The molecule has 0 radical (unpaired) electrons. The summed E-state index contributed by atoms with van der Waals surface area (Å²) in [5, 5.41) is 10.4. The summed E-state index contributed by atoms with van der Waals surface area (Å²) in [6, 6.07) is 3.37. The molecule has 0 bridgehead atoms. The van der Waals surface area contributed by atoms with Gasteiger partial charge >= 0.3 is 0 Å². The highest BCUT2D eigenvalue weighted by atomic mass is 16.5. The molecule has 31 heavy (non-hydrogen) atoms. The molecule has 0 unspecified atom stereocenters. The Bertz CT molecular complexity index is 963. The van der Waals surface area contributed by atoms with E-state index in [1.165, 1.54) is 14.2 Å². The molecule has 3 aliphatic rings. The lowest BCUT2D eigenvalue weighted by atomic mass is 9.65. The Balaban J connectivity index is 1.96. The molecule has 0 atom stereocenters. The number of phenols is 1. The molecular formula is C25H30O6. The second-order valence-corrected chi connectivity index (χ2v) is 10.4. The number of benzene rings is 1. The van der Waals surface area contributed by atoms with E-state index in [9.17, 15) is 14.7 Å². The SMILES string of the molecule is COc1cc(C2C3=C(CC(C)(C)CC3=O)OC3=C2C(=O)CC(C)(C)C3)cc(OC)c1O. The maximum atomic E-state index is 13.3. The molecule has 1 N–H and O–H groups in total. The monoisotopic (exact) mass is 426 g/mol. The first-order valence-electron chi connectivity index (χ1n) is 10.6. The van der Waals surface area contributed by atoms with Crippen LogP contribution in [0.5, 0.6) is 17.2 Å². The second-order valence-electron chi connectivity index (χ2n) is 10.4. The van der Waals surface area contributed by atoms with Gasteiger partial charge in [-0.3, -0.25) is 9.59 Å². The van der Waals surface area contributed by atoms with Crippen LogP contribution in [0.15, 0.2) is 34.8 Å². The van der Waals surface area contributed by atoms with Crippen molar-refractivity contribution in [2.75, 3.05) is 14.2 Å². The molecule has 6 heteroatoms. The molecule has 166 valence electrons. The van der Waals surface area contributed by atoms with Crippen LogP contribution in [0.1, 0.15) is 64.9 Å². The Morgan fingerprint density at radius 2 is 1.26 bits per heavy atom. The van der Waals surface area contributed by atoms with Crippen LogP contribution in [0.3, 0.4) is 0 Å². The number of rotatable bonds is 3. The molecule has 0 saturated carbocycles. The van der Waals surface area contributed by atoms with Crippen molar-refractivity contribution in [1.29, 1.82) is 0 Å².